The smallest absolute Gasteiger partial charge is 0.0136 e. The van der Waals surface area contributed by atoms with Gasteiger partial charge in [-0.1, -0.05) is 0 Å². The third-order valence-corrected chi connectivity index (χ3v) is 1.88. The molecule has 1 aliphatic rings. The van der Waals surface area contributed by atoms with Crippen molar-refractivity contribution in [1.29, 1.82) is 0 Å². The topological polar surface area (TPSA) is 26.1 Å². The number of piperidine rings is 1. The van der Waals surface area contributed by atoms with Crippen molar-refractivity contribution in [1.82, 2.24) is 10.6 Å². The molecule has 1 aliphatic heterocycles. The molecular weight excluding hydrogens is 112 g/mol. The Morgan fingerprint density at radius 3 is 2.67 bits per heavy atom. The molecule has 0 spiro atoms. The lowest BCUT2D eigenvalue weighted by Crippen LogP contribution is -2.28. The Bertz CT molecular complexity index is 64.6. The van der Waals surface area contributed by atoms with Crippen molar-refractivity contribution < 1.29 is 0 Å². The van der Waals surface area contributed by atoms with E-state index in [1.807, 2.05) is 7.05 Å². The first kappa shape index (κ1) is 7.03. The summed E-state index contributed by atoms with van der Waals surface area (Å²) < 4.78 is 0. The lowest BCUT2D eigenvalue weighted by Gasteiger charge is -2.20. The second-order valence-corrected chi connectivity index (χ2v) is 2.67. The van der Waals surface area contributed by atoms with Crippen molar-refractivity contribution in [3.8, 4) is 0 Å². The van der Waals surface area contributed by atoms with Crippen LogP contribution in [0.25, 0.3) is 0 Å². The van der Waals surface area contributed by atoms with Gasteiger partial charge in [-0.25, -0.2) is 5.32 Å². The molecule has 9 heavy (non-hydrogen) atoms. The molecular formula is C7H15N2. The Morgan fingerprint density at radius 2 is 2.11 bits per heavy atom. The van der Waals surface area contributed by atoms with Gasteiger partial charge in [0.1, 0.15) is 0 Å². The summed E-state index contributed by atoms with van der Waals surface area (Å²) >= 11 is 0. The van der Waals surface area contributed by atoms with Gasteiger partial charge in [0, 0.05) is 13.1 Å². The van der Waals surface area contributed by atoms with E-state index in [2.05, 4.69) is 10.6 Å². The molecule has 53 valence electrons. The van der Waals surface area contributed by atoms with Crippen LogP contribution in [0.5, 0.6) is 0 Å². The quantitative estimate of drug-likeness (QED) is 0.564. The summed E-state index contributed by atoms with van der Waals surface area (Å²) in [5.41, 5.74) is 0. The highest BCUT2D eigenvalue weighted by Gasteiger charge is 2.11. The van der Waals surface area contributed by atoms with Crippen molar-refractivity contribution in [2.24, 2.45) is 5.92 Å². The number of nitrogens with one attached hydrogen (secondary N) is 1. The zero-order valence-electron chi connectivity index (χ0n) is 6.06. The molecule has 0 aromatic carbocycles. The maximum absolute atomic E-state index is 4.28. The zero-order valence-corrected chi connectivity index (χ0v) is 6.06. The largest absolute Gasteiger partial charge is 0.319 e. The van der Waals surface area contributed by atoms with E-state index < -0.39 is 0 Å². The zero-order chi connectivity index (χ0) is 6.53. The summed E-state index contributed by atoms with van der Waals surface area (Å²) in [6.07, 6.45) is 2.58. The molecule has 0 unspecified atom stereocenters. The van der Waals surface area contributed by atoms with Gasteiger partial charge in [-0.05, 0) is 32.4 Å². The highest BCUT2D eigenvalue weighted by atomic mass is 14.9. The average Bonchev–Trinajstić information content (AvgIpc) is 1.91. The molecule has 2 heteroatoms. The molecule has 0 atom stereocenters. The average molecular weight is 127 g/mol. The SMILES string of the molecule is CNCC1CC[N]CC1. The highest BCUT2D eigenvalue weighted by molar-refractivity contribution is 4.68. The highest BCUT2D eigenvalue weighted by Crippen LogP contribution is 2.09. The fourth-order valence-electron chi connectivity index (χ4n) is 1.30. The Hall–Kier alpha value is -0.0800. The van der Waals surface area contributed by atoms with Crippen LogP contribution < -0.4 is 10.6 Å². The van der Waals surface area contributed by atoms with Crippen LogP contribution in [-0.2, 0) is 0 Å². The third-order valence-electron chi connectivity index (χ3n) is 1.88. The van der Waals surface area contributed by atoms with Gasteiger partial charge in [-0.15, -0.1) is 0 Å². The molecule has 1 heterocycles. The van der Waals surface area contributed by atoms with Crippen molar-refractivity contribution in [3.63, 3.8) is 0 Å². The molecule has 2 nitrogen and oxygen atoms in total. The van der Waals surface area contributed by atoms with Crippen LogP contribution in [0.1, 0.15) is 12.8 Å². The minimum absolute atomic E-state index is 0.896. The van der Waals surface area contributed by atoms with Crippen LogP contribution in [0.4, 0.5) is 0 Å². The van der Waals surface area contributed by atoms with E-state index in [1.54, 1.807) is 0 Å². The summed E-state index contributed by atoms with van der Waals surface area (Å²) in [5, 5.41) is 7.48. The molecule has 0 aliphatic carbocycles. The summed E-state index contributed by atoms with van der Waals surface area (Å²) in [5.74, 6) is 0.896. The van der Waals surface area contributed by atoms with Crippen molar-refractivity contribution in [2.75, 3.05) is 26.7 Å². The van der Waals surface area contributed by atoms with Crippen LogP contribution in [0, 0.1) is 5.92 Å². The molecule has 0 saturated carbocycles. The van der Waals surface area contributed by atoms with Crippen molar-refractivity contribution >= 4 is 0 Å². The number of hydrogen-bond donors (Lipinski definition) is 1. The number of hydrogen-bond acceptors (Lipinski definition) is 1. The fourth-order valence-corrected chi connectivity index (χ4v) is 1.30. The first-order chi connectivity index (χ1) is 4.43. The normalized spacial score (nSPS) is 22.3. The van der Waals surface area contributed by atoms with Gasteiger partial charge in [-0.3, -0.25) is 0 Å². The third kappa shape index (κ3) is 2.33. The molecule has 0 amide bonds. The van der Waals surface area contributed by atoms with Crippen molar-refractivity contribution in [2.45, 2.75) is 12.8 Å². The van der Waals surface area contributed by atoms with E-state index in [0.717, 1.165) is 19.0 Å². The molecule has 1 N–H and O–H groups in total. The maximum Gasteiger partial charge on any atom is 0.0136 e. The molecule has 0 bridgehead atoms. The van der Waals surface area contributed by atoms with Gasteiger partial charge < -0.3 is 5.32 Å². The van der Waals surface area contributed by atoms with Gasteiger partial charge in [0.25, 0.3) is 0 Å². The van der Waals surface area contributed by atoms with Gasteiger partial charge in [-0.2, -0.15) is 0 Å². The van der Waals surface area contributed by atoms with Crippen LogP contribution in [0.3, 0.4) is 0 Å². The maximum atomic E-state index is 4.28. The van der Waals surface area contributed by atoms with E-state index in [1.165, 1.54) is 19.4 Å². The lowest BCUT2D eigenvalue weighted by atomic mass is 9.98. The minimum Gasteiger partial charge on any atom is -0.319 e. The molecule has 1 fully saturated rings. The van der Waals surface area contributed by atoms with E-state index in [0.29, 0.717) is 0 Å². The van der Waals surface area contributed by atoms with Gasteiger partial charge in [0.2, 0.25) is 0 Å². The van der Waals surface area contributed by atoms with E-state index in [9.17, 15) is 0 Å². The van der Waals surface area contributed by atoms with E-state index in [-0.39, 0.29) is 0 Å². The van der Waals surface area contributed by atoms with Crippen LogP contribution in [0.2, 0.25) is 0 Å². The minimum atomic E-state index is 0.896. The van der Waals surface area contributed by atoms with Crippen LogP contribution >= 0.6 is 0 Å². The van der Waals surface area contributed by atoms with Crippen LogP contribution in [-0.4, -0.2) is 26.7 Å². The first-order valence-corrected chi connectivity index (χ1v) is 3.71. The lowest BCUT2D eigenvalue weighted by molar-refractivity contribution is 0.361. The predicted molar refractivity (Wildman–Crippen MR) is 38.5 cm³/mol. The summed E-state index contributed by atoms with van der Waals surface area (Å²) in [6, 6.07) is 0. The second kappa shape index (κ2) is 3.85. The molecule has 1 radical (unpaired) electrons. The fraction of sp³-hybridized carbons (Fsp3) is 1.00. The van der Waals surface area contributed by atoms with Crippen LogP contribution in [0.15, 0.2) is 0 Å². The first-order valence-electron chi connectivity index (χ1n) is 3.71. The van der Waals surface area contributed by atoms with E-state index >= 15 is 0 Å². The van der Waals surface area contributed by atoms with Crippen molar-refractivity contribution in [3.05, 3.63) is 0 Å². The Kier molecular flexibility index (Phi) is 3.01. The monoisotopic (exact) mass is 127 g/mol. The Morgan fingerprint density at radius 1 is 1.44 bits per heavy atom. The number of rotatable bonds is 2. The summed E-state index contributed by atoms with van der Waals surface area (Å²) in [7, 11) is 2.02. The van der Waals surface area contributed by atoms with Gasteiger partial charge >= 0.3 is 0 Å². The predicted octanol–water partition coefficient (Wildman–Crippen LogP) is 0.220. The van der Waals surface area contributed by atoms with Gasteiger partial charge in [0.15, 0.2) is 0 Å². The van der Waals surface area contributed by atoms with Gasteiger partial charge in [0.05, 0.1) is 0 Å². The summed E-state index contributed by atoms with van der Waals surface area (Å²) in [4.78, 5) is 0. The Balaban J connectivity index is 2.08. The molecule has 0 aromatic rings. The summed E-state index contributed by atoms with van der Waals surface area (Å²) in [6.45, 7) is 3.36. The molecule has 1 saturated heterocycles. The number of nitrogens with zero attached hydrogens (tertiary/aromatic N) is 1. The van der Waals surface area contributed by atoms with E-state index in [4.69, 9.17) is 0 Å². The molecule has 0 aromatic heterocycles. The Labute approximate surface area is 57.0 Å². The standard InChI is InChI=1S/C7H15N2/c1-8-6-7-2-4-9-5-3-7/h7-8H,2-6H2,1H3. The second-order valence-electron chi connectivity index (χ2n) is 2.67. The molecule has 1 rings (SSSR count).